The van der Waals surface area contributed by atoms with E-state index < -0.39 is 17.9 Å². The highest BCUT2D eigenvalue weighted by Crippen LogP contribution is 2.34. The Bertz CT molecular complexity index is 1350. The molecule has 204 valence electrons. The maximum absolute atomic E-state index is 13.6. The van der Waals surface area contributed by atoms with Crippen LogP contribution in [0.15, 0.2) is 60.7 Å². The summed E-state index contributed by atoms with van der Waals surface area (Å²) in [6.07, 6.45) is -0.0995. The minimum absolute atomic E-state index is 0.0995. The number of anilines is 1. The Morgan fingerprint density at radius 3 is 2.38 bits per heavy atom. The number of amides is 2. The van der Waals surface area contributed by atoms with Crippen molar-refractivity contribution in [1.82, 2.24) is 5.32 Å². The van der Waals surface area contributed by atoms with Crippen molar-refractivity contribution in [1.29, 1.82) is 0 Å². The summed E-state index contributed by atoms with van der Waals surface area (Å²) in [6.45, 7) is 4.60. The molecule has 1 N–H and O–H groups in total. The molecule has 2 amide bonds. The number of fused-ring (bicyclic) bond motifs is 1. The lowest BCUT2D eigenvalue weighted by molar-refractivity contribution is -0.143. The number of rotatable bonds is 11. The lowest BCUT2D eigenvalue weighted by Crippen LogP contribution is -2.32. The van der Waals surface area contributed by atoms with Gasteiger partial charge in [0.1, 0.15) is 5.75 Å². The Morgan fingerprint density at radius 1 is 0.949 bits per heavy atom. The summed E-state index contributed by atoms with van der Waals surface area (Å²) in [5, 5.41) is 2.94. The molecule has 3 aromatic carbocycles. The van der Waals surface area contributed by atoms with E-state index in [9.17, 15) is 14.4 Å². The first-order valence-corrected chi connectivity index (χ1v) is 12.7. The number of methoxy groups -OCH3 is 2. The minimum atomic E-state index is -0.730. The number of benzene rings is 3. The molecule has 4 rings (SSSR count). The Balaban J connectivity index is 1.63. The predicted molar refractivity (Wildman–Crippen MR) is 146 cm³/mol. The van der Waals surface area contributed by atoms with Crippen molar-refractivity contribution in [2.45, 2.75) is 32.9 Å². The van der Waals surface area contributed by atoms with E-state index in [0.29, 0.717) is 47.2 Å². The molecule has 0 radical (unpaired) electrons. The number of carbonyl (C=O) groups excluding carboxylic acids is 3. The lowest BCUT2D eigenvalue weighted by atomic mass is 9.99. The van der Waals surface area contributed by atoms with Crippen LogP contribution in [-0.4, -0.2) is 45.2 Å². The van der Waals surface area contributed by atoms with Crippen LogP contribution >= 0.6 is 0 Å². The first-order valence-electron chi connectivity index (χ1n) is 12.7. The molecule has 0 saturated carbocycles. The van der Waals surface area contributed by atoms with E-state index in [1.807, 2.05) is 13.0 Å². The standard InChI is InChI=1S/C30H32N2O7/c1-5-38-25-15-10-19(16-26(25)37-4)24(17-27(33)39-6-2)31-29(34)23-9-7-8-20-18-32(30(35)28(20)23)21-11-13-22(36-3)14-12-21/h7-16,24H,5-6,17-18H2,1-4H3,(H,31,34)/t24-/m1/s1. The van der Waals surface area contributed by atoms with E-state index in [4.69, 9.17) is 18.9 Å². The summed E-state index contributed by atoms with van der Waals surface area (Å²) in [4.78, 5) is 41.2. The SMILES string of the molecule is CCOC(=O)C[C@@H](NC(=O)c1cccc2c1C(=O)N(c1ccc(OC)cc1)C2)c1ccc(OCC)c(OC)c1. The van der Waals surface area contributed by atoms with E-state index in [1.165, 1.54) is 7.11 Å². The molecule has 9 nitrogen and oxygen atoms in total. The fraction of sp³-hybridized carbons (Fsp3) is 0.300. The Kier molecular flexibility index (Phi) is 8.70. The molecule has 1 atom stereocenters. The van der Waals surface area contributed by atoms with Crippen molar-refractivity contribution < 1.29 is 33.3 Å². The van der Waals surface area contributed by atoms with Gasteiger partial charge in [0, 0.05) is 5.69 Å². The van der Waals surface area contributed by atoms with Gasteiger partial charge in [0.2, 0.25) is 0 Å². The molecule has 39 heavy (non-hydrogen) atoms. The predicted octanol–water partition coefficient (Wildman–Crippen LogP) is 4.69. The summed E-state index contributed by atoms with van der Waals surface area (Å²) in [5.41, 5.74) is 2.65. The lowest BCUT2D eigenvalue weighted by Gasteiger charge is -2.21. The number of nitrogens with one attached hydrogen (secondary N) is 1. The third kappa shape index (κ3) is 5.98. The third-order valence-electron chi connectivity index (χ3n) is 6.44. The fourth-order valence-electron chi connectivity index (χ4n) is 4.57. The van der Waals surface area contributed by atoms with Gasteiger partial charge in [0.15, 0.2) is 11.5 Å². The van der Waals surface area contributed by atoms with Gasteiger partial charge in [0.05, 0.1) is 57.6 Å². The number of esters is 1. The second kappa shape index (κ2) is 12.3. The molecule has 0 fully saturated rings. The zero-order chi connectivity index (χ0) is 27.9. The van der Waals surface area contributed by atoms with Crippen molar-refractivity contribution in [2.24, 2.45) is 0 Å². The normalized spacial score (nSPS) is 12.9. The molecule has 1 aliphatic rings. The van der Waals surface area contributed by atoms with Gasteiger partial charge in [-0.05, 0) is 67.4 Å². The number of nitrogens with zero attached hydrogens (tertiary/aromatic N) is 1. The minimum Gasteiger partial charge on any atom is -0.497 e. The van der Waals surface area contributed by atoms with Crippen molar-refractivity contribution in [3.05, 3.63) is 82.9 Å². The van der Waals surface area contributed by atoms with E-state index >= 15 is 0 Å². The molecular formula is C30H32N2O7. The molecule has 9 heteroatoms. The van der Waals surface area contributed by atoms with Gasteiger partial charge >= 0.3 is 5.97 Å². The van der Waals surface area contributed by atoms with Gasteiger partial charge in [-0.3, -0.25) is 14.4 Å². The van der Waals surface area contributed by atoms with Crippen LogP contribution < -0.4 is 24.4 Å². The zero-order valence-electron chi connectivity index (χ0n) is 22.5. The van der Waals surface area contributed by atoms with Crippen molar-refractivity contribution in [3.8, 4) is 17.2 Å². The number of hydrogen-bond donors (Lipinski definition) is 1. The summed E-state index contributed by atoms with van der Waals surface area (Å²) >= 11 is 0. The molecule has 0 unspecified atom stereocenters. The van der Waals surface area contributed by atoms with E-state index in [1.54, 1.807) is 73.5 Å². The van der Waals surface area contributed by atoms with Crippen LogP contribution in [0.1, 0.15) is 58.2 Å². The average molecular weight is 533 g/mol. The average Bonchev–Trinajstić information content (AvgIpc) is 3.29. The Morgan fingerprint density at radius 2 is 1.72 bits per heavy atom. The number of ether oxygens (including phenoxy) is 4. The largest absolute Gasteiger partial charge is 0.497 e. The van der Waals surface area contributed by atoms with E-state index in [0.717, 1.165) is 5.56 Å². The van der Waals surface area contributed by atoms with Crippen LogP contribution in [0.2, 0.25) is 0 Å². The van der Waals surface area contributed by atoms with Crippen molar-refractivity contribution >= 4 is 23.5 Å². The van der Waals surface area contributed by atoms with Crippen LogP contribution in [0.25, 0.3) is 0 Å². The van der Waals surface area contributed by atoms with Crippen LogP contribution in [0.4, 0.5) is 5.69 Å². The smallest absolute Gasteiger partial charge is 0.308 e. The summed E-state index contributed by atoms with van der Waals surface area (Å²) in [5.74, 6) is 0.500. The molecule has 0 saturated heterocycles. The first kappa shape index (κ1) is 27.5. The van der Waals surface area contributed by atoms with Crippen LogP contribution in [0, 0.1) is 0 Å². The van der Waals surface area contributed by atoms with Crippen molar-refractivity contribution in [3.63, 3.8) is 0 Å². The highest BCUT2D eigenvalue weighted by Gasteiger charge is 2.33. The monoisotopic (exact) mass is 532 g/mol. The molecule has 0 spiro atoms. The van der Waals surface area contributed by atoms with Crippen LogP contribution in [0.3, 0.4) is 0 Å². The fourth-order valence-corrected chi connectivity index (χ4v) is 4.57. The highest BCUT2D eigenvalue weighted by molar-refractivity contribution is 6.16. The molecular weight excluding hydrogens is 500 g/mol. The van der Waals surface area contributed by atoms with Crippen LogP contribution in [-0.2, 0) is 16.1 Å². The second-order valence-electron chi connectivity index (χ2n) is 8.81. The first-order chi connectivity index (χ1) is 18.9. The summed E-state index contributed by atoms with van der Waals surface area (Å²) < 4.78 is 21.4. The highest BCUT2D eigenvalue weighted by atomic mass is 16.5. The molecule has 3 aromatic rings. The Hall–Kier alpha value is -4.53. The van der Waals surface area contributed by atoms with Gasteiger partial charge in [-0.2, -0.15) is 0 Å². The van der Waals surface area contributed by atoms with Gasteiger partial charge < -0.3 is 29.2 Å². The maximum Gasteiger partial charge on any atom is 0.308 e. The van der Waals surface area contributed by atoms with Crippen molar-refractivity contribution in [2.75, 3.05) is 32.3 Å². The van der Waals surface area contributed by atoms with E-state index in [-0.39, 0.29) is 24.5 Å². The molecule has 0 aromatic heterocycles. The summed E-state index contributed by atoms with van der Waals surface area (Å²) in [7, 11) is 3.10. The topological polar surface area (TPSA) is 103 Å². The summed E-state index contributed by atoms with van der Waals surface area (Å²) in [6, 6.07) is 16.9. The zero-order valence-corrected chi connectivity index (χ0v) is 22.5. The van der Waals surface area contributed by atoms with Gasteiger partial charge in [-0.25, -0.2) is 0 Å². The second-order valence-corrected chi connectivity index (χ2v) is 8.81. The quantitative estimate of drug-likeness (QED) is 0.358. The van der Waals surface area contributed by atoms with E-state index in [2.05, 4.69) is 5.32 Å². The van der Waals surface area contributed by atoms with Crippen LogP contribution in [0.5, 0.6) is 17.2 Å². The molecule has 1 heterocycles. The number of carbonyl (C=O) groups is 3. The maximum atomic E-state index is 13.6. The molecule has 0 bridgehead atoms. The van der Waals surface area contributed by atoms with Gasteiger partial charge in [-0.15, -0.1) is 0 Å². The van der Waals surface area contributed by atoms with Gasteiger partial charge in [0.25, 0.3) is 11.8 Å². The molecule has 1 aliphatic heterocycles. The third-order valence-corrected chi connectivity index (χ3v) is 6.44. The Labute approximate surface area is 227 Å². The van der Waals surface area contributed by atoms with Gasteiger partial charge in [-0.1, -0.05) is 18.2 Å². The number of hydrogen-bond acceptors (Lipinski definition) is 7. The molecule has 0 aliphatic carbocycles.